The number of piperidine rings is 1. The summed E-state index contributed by atoms with van der Waals surface area (Å²) in [5.41, 5.74) is 5.84. The lowest BCUT2D eigenvalue weighted by Crippen LogP contribution is -2.36. The molecule has 0 unspecified atom stereocenters. The number of nitrogens with zero attached hydrogens (tertiary/aromatic N) is 1. The molecule has 0 aliphatic carbocycles. The van der Waals surface area contributed by atoms with E-state index in [-0.39, 0.29) is 0 Å². The number of hydrogen-bond donors (Lipinski definition) is 1. The van der Waals surface area contributed by atoms with E-state index in [9.17, 15) is 9.90 Å². The van der Waals surface area contributed by atoms with Crippen LogP contribution in [0.25, 0.3) is 5.57 Å². The molecule has 1 saturated heterocycles. The van der Waals surface area contributed by atoms with Crippen LogP contribution in [0, 0.1) is 5.41 Å². The molecule has 0 radical (unpaired) electrons. The van der Waals surface area contributed by atoms with Gasteiger partial charge in [0, 0.05) is 18.7 Å². The van der Waals surface area contributed by atoms with Crippen molar-refractivity contribution in [2.45, 2.75) is 39.7 Å². The van der Waals surface area contributed by atoms with Crippen LogP contribution < -0.4 is 4.74 Å². The Balaban J connectivity index is 1.59. The van der Waals surface area contributed by atoms with Crippen LogP contribution in [-0.4, -0.2) is 35.6 Å². The van der Waals surface area contributed by atoms with Crippen molar-refractivity contribution in [2.24, 2.45) is 5.41 Å². The van der Waals surface area contributed by atoms with Crippen LogP contribution in [0.2, 0.25) is 0 Å². The average Bonchev–Trinajstić information content (AvgIpc) is 2.90. The summed E-state index contributed by atoms with van der Waals surface area (Å²) in [5, 5.41) is 9.36. The van der Waals surface area contributed by atoms with Crippen LogP contribution in [0.1, 0.15) is 49.8 Å². The van der Waals surface area contributed by atoms with Gasteiger partial charge in [0.25, 0.3) is 0 Å². The second kappa shape index (κ2) is 8.03. The zero-order chi connectivity index (χ0) is 20.4. The highest BCUT2D eigenvalue weighted by Crippen LogP contribution is 2.40. The van der Waals surface area contributed by atoms with Crippen LogP contribution in [0.5, 0.6) is 5.75 Å². The number of rotatable bonds is 4. The molecule has 0 aromatic heterocycles. The zero-order valence-electron chi connectivity index (χ0n) is 17.3. The van der Waals surface area contributed by atoms with Crippen molar-refractivity contribution in [2.75, 3.05) is 19.6 Å². The van der Waals surface area contributed by atoms with Gasteiger partial charge in [0.1, 0.15) is 12.4 Å². The van der Waals surface area contributed by atoms with E-state index >= 15 is 0 Å². The molecule has 4 rings (SSSR count). The van der Waals surface area contributed by atoms with Gasteiger partial charge in [-0.2, -0.15) is 0 Å². The van der Waals surface area contributed by atoms with Crippen molar-refractivity contribution in [3.8, 4) is 5.75 Å². The van der Waals surface area contributed by atoms with E-state index in [2.05, 4.69) is 47.4 Å². The largest absolute Gasteiger partial charge is 0.488 e. The summed E-state index contributed by atoms with van der Waals surface area (Å²) >= 11 is 0. The molecule has 0 saturated carbocycles. The lowest BCUT2D eigenvalue weighted by Gasteiger charge is -2.32. The number of carboxylic acids is 1. The Kier molecular flexibility index (Phi) is 5.46. The highest BCUT2D eigenvalue weighted by Gasteiger charge is 2.29. The summed E-state index contributed by atoms with van der Waals surface area (Å²) < 4.78 is 6.12. The summed E-state index contributed by atoms with van der Waals surface area (Å²) in [7, 11) is 0. The number of ether oxygens (including phenoxy) is 1. The van der Waals surface area contributed by atoms with Gasteiger partial charge in [0.15, 0.2) is 0 Å². The fourth-order valence-electron chi connectivity index (χ4n) is 4.21. The van der Waals surface area contributed by atoms with Gasteiger partial charge in [-0.25, -0.2) is 0 Å². The summed E-state index contributed by atoms with van der Waals surface area (Å²) in [6.07, 6.45) is 2.69. The monoisotopic (exact) mass is 391 g/mol. The van der Waals surface area contributed by atoms with E-state index in [1.807, 2.05) is 19.9 Å². The molecule has 2 heterocycles. The second-order valence-corrected chi connectivity index (χ2v) is 8.70. The molecule has 2 aromatic carbocycles. The van der Waals surface area contributed by atoms with Gasteiger partial charge in [0.05, 0.1) is 5.41 Å². The minimum atomic E-state index is -0.719. The lowest BCUT2D eigenvalue weighted by atomic mass is 9.86. The normalized spacial score (nSPS) is 17.2. The Bertz CT molecular complexity index is 885. The molecule has 0 bridgehead atoms. The van der Waals surface area contributed by atoms with Crippen molar-refractivity contribution in [3.05, 3.63) is 70.8 Å². The number of fused-ring (bicyclic) bond motifs is 2. The van der Waals surface area contributed by atoms with E-state index in [4.69, 9.17) is 4.74 Å². The number of hydrogen-bond acceptors (Lipinski definition) is 3. The maximum absolute atomic E-state index is 11.4. The molecule has 0 atom stereocenters. The fraction of sp³-hybridized carbons (Fsp3) is 0.400. The fourth-order valence-corrected chi connectivity index (χ4v) is 4.21. The van der Waals surface area contributed by atoms with Gasteiger partial charge in [-0.15, -0.1) is 0 Å². The maximum atomic E-state index is 11.4. The van der Waals surface area contributed by atoms with Crippen LogP contribution in [0.4, 0.5) is 0 Å². The van der Waals surface area contributed by atoms with E-state index < -0.39 is 11.4 Å². The second-order valence-electron chi connectivity index (χ2n) is 8.70. The minimum absolute atomic E-state index is 0.598. The third-order valence-electron chi connectivity index (χ3n) is 6.27. The van der Waals surface area contributed by atoms with Crippen LogP contribution in [-0.2, 0) is 11.4 Å². The molecule has 4 nitrogen and oxygen atoms in total. The summed E-state index contributed by atoms with van der Waals surface area (Å²) in [6, 6.07) is 16.9. The van der Waals surface area contributed by atoms with E-state index in [1.165, 1.54) is 27.8 Å². The lowest BCUT2D eigenvalue weighted by molar-refractivity contribution is -0.147. The summed E-state index contributed by atoms with van der Waals surface area (Å²) in [5.74, 6) is 0.237. The standard InChI is InChI=1S/C25H29NO3/c1-25(2,24(27)28)13-16-26-14-11-18(12-15-26)23-20-8-4-3-7-19(20)17-29-22-10-6-5-9-21(22)23/h3-10H,11-17H2,1-2H3,(H,27,28). The molecule has 2 aliphatic rings. The van der Waals surface area contributed by atoms with Crippen molar-refractivity contribution >= 4 is 11.5 Å². The van der Waals surface area contributed by atoms with E-state index in [0.29, 0.717) is 13.0 Å². The molecular formula is C25H29NO3. The summed E-state index contributed by atoms with van der Waals surface area (Å²) in [4.78, 5) is 13.8. The first-order chi connectivity index (χ1) is 14.0. The molecule has 152 valence electrons. The molecule has 1 N–H and O–H groups in total. The van der Waals surface area contributed by atoms with E-state index in [0.717, 1.165) is 38.2 Å². The first-order valence-corrected chi connectivity index (χ1v) is 10.4. The number of para-hydroxylation sites is 1. The zero-order valence-corrected chi connectivity index (χ0v) is 17.3. The molecule has 4 heteroatoms. The number of carbonyl (C=O) groups is 1. The molecule has 0 amide bonds. The number of carboxylic acid groups (broad SMARTS) is 1. The highest BCUT2D eigenvalue weighted by molar-refractivity contribution is 5.87. The Morgan fingerprint density at radius 1 is 1.03 bits per heavy atom. The van der Waals surface area contributed by atoms with Crippen molar-refractivity contribution in [3.63, 3.8) is 0 Å². The SMILES string of the molecule is CC(C)(CCN1CCC(=C2c3ccccc3COc3ccccc32)CC1)C(=O)O. The Hall–Kier alpha value is -2.59. The molecule has 1 fully saturated rings. The van der Waals surface area contributed by atoms with Crippen molar-refractivity contribution < 1.29 is 14.6 Å². The van der Waals surface area contributed by atoms with Crippen LogP contribution in [0.15, 0.2) is 54.1 Å². The molecule has 2 aromatic rings. The molecule has 0 spiro atoms. The number of likely N-dealkylation sites (tertiary alicyclic amines) is 1. The Morgan fingerprint density at radius 2 is 1.69 bits per heavy atom. The van der Waals surface area contributed by atoms with Crippen molar-refractivity contribution in [1.29, 1.82) is 0 Å². The van der Waals surface area contributed by atoms with Crippen LogP contribution in [0.3, 0.4) is 0 Å². The van der Waals surface area contributed by atoms with Gasteiger partial charge >= 0.3 is 5.97 Å². The first-order valence-electron chi connectivity index (χ1n) is 10.4. The van der Waals surface area contributed by atoms with Gasteiger partial charge in [0.2, 0.25) is 0 Å². The molecule has 29 heavy (non-hydrogen) atoms. The minimum Gasteiger partial charge on any atom is -0.488 e. The number of aliphatic carboxylic acids is 1. The third-order valence-corrected chi connectivity index (χ3v) is 6.27. The molecular weight excluding hydrogens is 362 g/mol. The van der Waals surface area contributed by atoms with Gasteiger partial charge in [-0.1, -0.05) is 48.0 Å². The van der Waals surface area contributed by atoms with Gasteiger partial charge in [-0.3, -0.25) is 4.79 Å². The van der Waals surface area contributed by atoms with Gasteiger partial charge < -0.3 is 14.7 Å². The quantitative estimate of drug-likeness (QED) is 0.799. The van der Waals surface area contributed by atoms with Crippen molar-refractivity contribution in [1.82, 2.24) is 4.90 Å². The molecule has 2 aliphatic heterocycles. The number of benzene rings is 2. The Labute approximate surface area is 172 Å². The third kappa shape index (κ3) is 4.08. The summed E-state index contributed by atoms with van der Waals surface area (Å²) in [6.45, 7) is 7.00. The van der Waals surface area contributed by atoms with Gasteiger partial charge in [-0.05, 0) is 62.4 Å². The smallest absolute Gasteiger partial charge is 0.309 e. The van der Waals surface area contributed by atoms with E-state index in [1.54, 1.807) is 0 Å². The predicted octanol–water partition coefficient (Wildman–Crippen LogP) is 4.98. The van der Waals surface area contributed by atoms with Crippen LogP contribution >= 0.6 is 0 Å². The predicted molar refractivity (Wildman–Crippen MR) is 115 cm³/mol. The average molecular weight is 392 g/mol. The topological polar surface area (TPSA) is 49.8 Å². The maximum Gasteiger partial charge on any atom is 0.309 e. The highest BCUT2D eigenvalue weighted by atomic mass is 16.5. The Morgan fingerprint density at radius 3 is 2.41 bits per heavy atom. The first kappa shape index (κ1) is 19.7.